The Bertz CT molecular complexity index is 139. The lowest BCUT2D eigenvalue weighted by Gasteiger charge is -1.90. The van der Waals surface area contributed by atoms with Gasteiger partial charge in [-0.1, -0.05) is 35.4 Å². The highest BCUT2D eigenvalue weighted by Gasteiger charge is 1.79. The van der Waals surface area contributed by atoms with Crippen LogP contribution in [-0.2, 0) is 0 Å². The second-order valence-corrected chi connectivity index (χ2v) is 2.15. The molecule has 0 aromatic heterocycles. The predicted molar refractivity (Wildman–Crippen MR) is 35.9 cm³/mol. The summed E-state index contributed by atoms with van der Waals surface area (Å²) >= 11 is 0. The van der Waals surface area contributed by atoms with Gasteiger partial charge in [0, 0.05) is 0 Å². The first-order chi connectivity index (χ1) is 3.79. The minimum Gasteiger partial charge on any atom is -0.0591 e. The summed E-state index contributed by atoms with van der Waals surface area (Å²) in [4.78, 5) is 0. The lowest BCUT2D eigenvalue weighted by Crippen LogP contribution is -1.70. The van der Waals surface area contributed by atoms with E-state index >= 15 is 0 Å². The largest absolute Gasteiger partial charge is 0.0591 e. The standard InChI is InChI=1S/C8H10/c1-7-3-5-8(2)6-4-7/h3-6H,1-2H3/i1+1,2+1. The van der Waals surface area contributed by atoms with Crippen molar-refractivity contribution in [1.82, 2.24) is 0 Å². The maximum absolute atomic E-state index is 2.12. The molecule has 0 heteroatoms. The summed E-state index contributed by atoms with van der Waals surface area (Å²) < 4.78 is 0. The van der Waals surface area contributed by atoms with Crippen LogP contribution >= 0.6 is 0 Å². The van der Waals surface area contributed by atoms with Gasteiger partial charge in [0.05, 0.1) is 0 Å². The molecule has 0 saturated heterocycles. The fraction of sp³-hybridized carbons (Fsp3) is 0.250. The first-order valence-electron chi connectivity index (χ1n) is 2.82. The molecule has 1 rings (SSSR count). The fourth-order valence-electron chi connectivity index (χ4n) is 0.637. The molecular formula is C8H10. The molecule has 0 atom stereocenters. The Morgan fingerprint density at radius 3 is 1.25 bits per heavy atom. The van der Waals surface area contributed by atoms with E-state index in [0.29, 0.717) is 0 Å². The average molecular weight is 108 g/mol. The summed E-state index contributed by atoms with van der Waals surface area (Å²) in [5, 5.41) is 0. The summed E-state index contributed by atoms with van der Waals surface area (Å²) in [6.07, 6.45) is 0. The Balaban J connectivity index is 3.03. The molecule has 1 aromatic rings. The summed E-state index contributed by atoms with van der Waals surface area (Å²) in [6.45, 7) is 4.19. The van der Waals surface area contributed by atoms with Crippen LogP contribution in [0, 0.1) is 13.8 Å². The molecule has 0 N–H and O–H groups in total. The van der Waals surface area contributed by atoms with Gasteiger partial charge in [0.15, 0.2) is 0 Å². The van der Waals surface area contributed by atoms with Gasteiger partial charge in [-0.15, -0.1) is 0 Å². The Hall–Kier alpha value is -0.780. The molecule has 1 aromatic carbocycles. The van der Waals surface area contributed by atoms with Gasteiger partial charge in [0.1, 0.15) is 0 Å². The van der Waals surface area contributed by atoms with Crippen molar-refractivity contribution in [3.63, 3.8) is 0 Å². The van der Waals surface area contributed by atoms with E-state index < -0.39 is 0 Å². The van der Waals surface area contributed by atoms with E-state index in [1.165, 1.54) is 11.1 Å². The van der Waals surface area contributed by atoms with Gasteiger partial charge in [-0.05, 0) is 13.8 Å². The lowest BCUT2D eigenvalue weighted by molar-refractivity contribution is 1.40. The topological polar surface area (TPSA) is 0 Å². The minimum atomic E-state index is 1.33. The van der Waals surface area contributed by atoms with Crippen molar-refractivity contribution in [2.45, 2.75) is 13.8 Å². The zero-order valence-electron chi connectivity index (χ0n) is 5.31. The van der Waals surface area contributed by atoms with Gasteiger partial charge in [0.25, 0.3) is 0 Å². The summed E-state index contributed by atoms with van der Waals surface area (Å²) in [5.74, 6) is 0. The molecule has 8 heavy (non-hydrogen) atoms. The lowest BCUT2D eigenvalue weighted by atomic mass is 10.2. The van der Waals surface area contributed by atoms with Crippen molar-refractivity contribution in [1.29, 1.82) is 0 Å². The van der Waals surface area contributed by atoms with Gasteiger partial charge < -0.3 is 0 Å². The quantitative estimate of drug-likeness (QED) is 0.447. The smallest absolute Gasteiger partial charge is 0.0398 e. The Morgan fingerprint density at radius 1 is 0.750 bits per heavy atom. The molecule has 0 bridgehead atoms. The number of rotatable bonds is 0. The molecule has 0 aliphatic rings. The van der Waals surface area contributed by atoms with Gasteiger partial charge in [-0.25, -0.2) is 0 Å². The SMILES string of the molecule is [13CH3]c1ccc([13CH3])cc1. The molecule has 0 fully saturated rings. The maximum atomic E-state index is 2.12. The molecule has 0 saturated carbocycles. The third kappa shape index (κ3) is 1.09. The molecule has 0 amide bonds. The Labute approximate surface area is 50.2 Å². The zero-order chi connectivity index (χ0) is 5.98. The summed E-state index contributed by atoms with van der Waals surface area (Å²) in [6, 6.07) is 8.48. The van der Waals surface area contributed by atoms with E-state index in [0.717, 1.165) is 0 Å². The van der Waals surface area contributed by atoms with Gasteiger partial charge in [-0.3, -0.25) is 0 Å². The molecule has 0 aliphatic carbocycles. The third-order valence-electron chi connectivity index (χ3n) is 1.22. The normalized spacial score (nSPS) is 9.25. The first-order valence-corrected chi connectivity index (χ1v) is 2.82. The second kappa shape index (κ2) is 1.99. The van der Waals surface area contributed by atoms with Crippen LogP contribution in [0.2, 0.25) is 0 Å². The highest BCUT2D eigenvalue weighted by atomic mass is 14.1. The van der Waals surface area contributed by atoms with Crippen LogP contribution in [0.15, 0.2) is 24.3 Å². The van der Waals surface area contributed by atoms with Crippen LogP contribution in [0.4, 0.5) is 0 Å². The molecule has 0 spiro atoms. The van der Waals surface area contributed by atoms with Gasteiger partial charge in [0.2, 0.25) is 0 Å². The highest BCUT2D eigenvalue weighted by molar-refractivity contribution is 5.19. The fourth-order valence-corrected chi connectivity index (χ4v) is 0.637. The van der Waals surface area contributed by atoms with Crippen molar-refractivity contribution >= 4 is 0 Å². The van der Waals surface area contributed by atoms with Crippen LogP contribution in [-0.4, -0.2) is 0 Å². The molecule has 0 nitrogen and oxygen atoms in total. The number of aryl methyl sites for hydroxylation is 2. The molecule has 0 radical (unpaired) electrons. The minimum absolute atomic E-state index is 1.33. The van der Waals surface area contributed by atoms with Crippen molar-refractivity contribution in [2.75, 3.05) is 0 Å². The van der Waals surface area contributed by atoms with Crippen molar-refractivity contribution in [3.8, 4) is 0 Å². The third-order valence-corrected chi connectivity index (χ3v) is 1.22. The summed E-state index contributed by atoms with van der Waals surface area (Å²) in [5.41, 5.74) is 2.66. The molecule has 0 unspecified atom stereocenters. The summed E-state index contributed by atoms with van der Waals surface area (Å²) in [7, 11) is 0. The first kappa shape index (κ1) is 5.36. The number of benzene rings is 1. The van der Waals surface area contributed by atoms with Crippen molar-refractivity contribution in [3.05, 3.63) is 35.4 Å². The van der Waals surface area contributed by atoms with Crippen LogP contribution < -0.4 is 0 Å². The van der Waals surface area contributed by atoms with Crippen molar-refractivity contribution in [2.24, 2.45) is 0 Å². The van der Waals surface area contributed by atoms with Crippen LogP contribution in [0.25, 0.3) is 0 Å². The van der Waals surface area contributed by atoms with E-state index in [-0.39, 0.29) is 0 Å². The maximum Gasteiger partial charge on any atom is -0.0398 e. The van der Waals surface area contributed by atoms with Gasteiger partial charge >= 0.3 is 0 Å². The predicted octanol–water partition coefficient (Wildman–Crippen LogP) is 2.30. The Morgan fingerprint density at radius 2 is 1.00 bits per heavy atom. The number of hydrogen-bond acceptors (Lipinski definition) is 0. The van der Waals surface area contributed by atoms with E-state index in [9.17, 15) is 0 Å². The highest BCUT2D eigenvalue weighted by Crippen LogP contribution is 1.99. The van der Waals surface area contributed by atoms with Crippen LogP contribution in [0.1, 0.15) is 11.1 Å². The molecular weight excluding hydrogens is 98.1 g/mol. The average Bonchev–Trinajstić information content (AvgIpc) is 1.77. The molecule has 0 heterocycles. The zero-order valence-corrected chi connectivity index (χ0v) is 5.31. The van der Waals surface area contributed by atoms with Gasteiger partial charge in [-0.2, -0.15) is 0 Å². The number of hydrogen-bond donors (Lipinski definition) is 0. The van der Waals surface area contributed by atoms with E-state index in [4.69, 9.17) is 0 Å². The van der Waals surface area contributed by atoms with E-state index in [1.54, 1.807) is 0 Å². The molecule has 42 valence electrons. The van der Waals surface area contributed by atoms with Crippen LogP contribution in [0.5, 0.6) is 0 Å². The van der Waals surface area contributed by atoms with E-state index in [2.05, 4.69) is 38.1 Å². The van der Waals surface area contributed by atoms with E-state index in [1.807, 2.05) is 0 Å². The van der Waals surface area contributed by atoms with Crippen molar-refractivity contribution < 1.29 is 0 Å². The second-order valence-electron chi connectivity index (χ2n) is 2.15. The monoisotopic (exact) mass is 108 g/mol. The van der Waals surface area contributed by atoms with Crippen LogP contribution in [0.3, 0.4) is 0 Å². The Kier molecular flexibility index (Phi) is 1.34. The molecule has 0 aliphatic heterocycles.